The van der Waals surface area contributed by atoms with E-state index >= 15 is 0 Å². The van der Waals surface area contributed by atoms with E-state index in [-0.39, 0.29) is 0 Å². The predicted molar refractivity (Wildman–Crippen MR) is 67.4 cm³/mol. The third-order valence-electron chi connectivity index (χ3n) is 1.05. The maximum absolute atomic E-state index is 9.60. The van der Waals surface area contributed by atoms with Crippen LogP contribution in [0.4, 0.5) is 0 Å². The highest BCUT2D eigenvalue weighted by molar-refractivity contribution is 5.66. The molecular weight excluding hydrogens is 212 g/mol. The fraction of sp³-hybridized carbons (Fsp3) is 0.267. The number of carboxylic acids is 1. The van der Waals surface area contributed by atoms with Gasteiger partial charge in [-0.1, -0.05) is 24.8 Å². The number of allylic oxidation sites excluding steroid dienone is 1. The number of carbonyl (C=O) groups is 1. The SMILES string of the molecule is C=C=C=[C-]C#CC#CC#CC.CCCC(=O)O. The van der Waals surface area contributed by atoms with Crippen LogP contribution < -0.4 is 0 Å². The third-order valence-corrected chi connectivity index (χ3v) is 1.05. The average molecular weight is 225 g/mol. The molecule has 0 saturated heterocycles. The van der Waals surface area contributed by atoms with Gasteiger partial charge in [-0.3, -0.25) is 4.79 Å². The zero-order chi connectivity index (χ0) is 13.4. The first-order chi connectivity index (χ1) is 8.18. The lowest BCUT2D eigenvalue weighted by Gasteiger charge is -1.79. The quantitative estimate of drug-likeness (QED) is 0.444. The molecule has 86 valence electrons. The van der Waals surface area contributed by atoms with Crippen LogP contribution in [-0.2, 0) is 4.79 Å². The molecule has 0 saturated carbocycles. The van der Waals surface area contributed by atoms with Crippen LogP contribution in [0.25, 0.3) is 0 Å². The smallest absolute Gasteiger partial charge is 0.303 e. The molecule has 0 rings (SSSR count). The zero-order valence-electron chi connectivity index (χ0n) is 9.98. The molecule has 0 radical (unpaired) electrons. The Hall–Kier alpha value is -2.55. The predicted octanol–water partition coefficient (Wildman–Crippen LogP) is 2.19. The van der Waals surface area contributed by atoms with Gasteiger partial charge in [0, 0.05) is 6.42 Å². The molecule has 2 nitrogen and oxygen atoms in total. The van der Waals surface area contributed by atoms with E-state index in [9.17, 15) is 4.79 Å². The van der Waals surface area contributed by atoms with E-state index in [1.807, 2.05) is 6.92 Å². The molecule has 0 atom stereocenters. The summed E-state index contributed by atoms with van der Waals surface area (Å²) in [6.07, 6.45) is 3.50. The summed E-state index contributed by atoms with van der Waals surface area (Å²) in [6.45, 7) is 6.84. The van der Waals surface area contributed by atoms with Crippen LogP contribution in [-0.4, -0.2) is 11.1 Å². The van der Waals surface area contributed by atoms with E-state index in [2.05, 4.69) is 59.6 Å². The molecule has 0 fully saturated rings. The van der Waals surface area contributed by atoms with Crippen LogP contribution >= 0.6 is 0 Å². The molecule has 0 bridgehead atoms. The Balaban J connectivity index is 0. The molecule has 0 aromatic rings. The van der Waals surface area contributed by atoms with Crippen LogP contribution in [0.15, 0.2) is 18.0 Å². The Morgan fingerprint density at radius 1 is 1.29 bits per heavy atom. The molecule has 0 heterocycles. The summed E-state index contributed by atoms with van der Waals surface area (Å²) >= 11 is 0. The van der Waals surface area contributed by atoms with Crippen molar-refractivity contribution >= 4 is 5.97 Å². The highest BCUT2D eigenvalue weighted by atomic mass is 16.4. The molecule has 1 N–H and O–H groups in total. The van der Waals surface area contributed by atoms with Crippen molar-refractivity contribution in [3.05, 3.63) is 24.1 Å². The number of carboxylic acid groups (broad SMARTS) is 1. The Labute approximate surface area is 103 Å². The van der Waals surface area contributed by atoms with Crippen LogP contribution in [0, 0.1) is 41.6 Å². The van der Waals surface area contributed by atoms with Gasteiger partial charge >= 0.3 is 5.97 Å². The summed E-state index contributed by atoms with van der Waals surface area (Å²) in [6, 6.07) is 0. The van der Waals surface area contributed by atoms with Crippen molar-refractivity contribution in [3.8, 4) is 35.5 Å². The van der Waals surface area contributed by atoms with Crippen molar-refractivity contribution in [2.24, 2.45) is 0 Å². The van der Waals surface area contributed by atoms with Gasteiger partial charge in [0.05, 0.1) is 0 Å². The number of hydrogen-bond acceptors (Lipinski definition) is 1. The fourth-order valence-corrected chi connectivity index (χ4v) is 0.477. The molecule has 17 heavy (non-hydrogen) atoms. The maximum atomic E-state index is 9.60. The molecule has 2 heteroatoms. The molecule has 0 aliphatic heterocycles. The second-order valence-corrected chi connectivity index (χ2v) is 2.45. The second kappa shape index (κ2) is 15.9. The van der Waals surface area contributed by atoms with Crippen LogP contribution in [0.5, 0.6) is 0 Å². The Bertz CT molecular complexity index is 480. The van der Waals surface area contributed by atoms with Crippen LogP contribution in [0.1, 0.15) is 26.7 Å². The lowest BCUT2D eigenvalue weighted by Crippen LogP contribution is -1.90. The highest BCUT2D eigenvalue weighted by Crippen LogP contribution is 1.82. The molecule has 0 spiro atoms. The van der Waals surface area contributed by atoms with E-state index in [0.29, 0.717) is 6.42 Å². The first-order valence-corrected chi connectivity index (χ1v) is 4.84. The molecule has 0 aliphatic carbocycles. The Kier molecular flexibility index (Phi) is 15.8. The van der Waals surface area contributed by atoms with Crippen molar-refractivity contribution in [3.63, 3.8) is 0 Å². The fourth-order valence-electron chi connectivity index (χ4n) is 0.477. The van der Waals surface area contributed by atoms with Crippen LogP contribution in [0.2, 0.25) is 0 Å². The number of aliphatic carboxylic acids is 1. The summed E-state index contributed by atoms with van der Waals surface area (Å²) in [5.74, 6) is 14.5. The highest BCUT2D eigenvalue weighted by Gasteiger charge is 1.87. The molecule has 0 aromatic carbocycles. The topological polar surface area (TPSA) is 37.3 Å². The van der Waals surface area contributed by atoms with Gasteiger partial charge in [-0.2, -0.15) is 5.92 Å². The summed E-state index contributed by atoms with van der Waals surface area (Å²) in [4.78, 5) is 9.60. The van der Waals surface area contributed by atoms with Gasteiger partial charge in [-0.05, 0) is 25.2 Å². The molecule has 0 amide bonds. The summed E-state index contributed by atoms with van der Waals surface area (Å²) in [5.41, 5.74) is 4.83. The van der Waals surface area contributed by atoms with Gasteiger partial charge < -0.3 is 5.11 Å². The summed E-state index contributed by atoms with van der Waals surface area (Å²) in [5, 5.41) is 7.91. The first kappa shape index (κ1) is 16.9. The third kappa shape index (κ3) is 24.7. The lowest BCUT2D eigenvalue weighted by atomic mass is 10.4. The Morgan fingerprint density at radius 2 is 1.94 bits per heavy atom. The zero-order valence-corrected chi connectivity index (χ0v) is 9.98. The van der Waals surface area contributed by atoms with Gasteiger partial charge in [0.2, 0.25) is 0 Å². The van der Waals surface area contributed by atoms with E-state index in [4.69, 9.17) is 5.11 Å². The Morgan fingerprint density at radius 3 is 2.35 bits per heavy atom. The van der Waals surface area contributed by atoms with Gasteiger partial charge in [0.15, 0.2) is 0 Å². The summed E-state index contributed by atoms with van der Waals surface area (Å²) in [7, 11) is 0. The van der Waals surface area contributed by atoms with E-state index in [1.54, 1.807) is 6.92 Å². The minimum Gasteiger partial charge on any atom is -0.481 e. The van der Waals surface area contributed by atoms with Gasteiger partial charge in [-0.25, -0.2) is 17.4 Å². The normalized spacial score (nSPS) is 5.53. The van der Waals surface area contributed by atoms with E-state index in [0.717, 1.165) is 6.42 Å². The molecule has 0 aliphatic rings. The van der Waals surface area contributed by atoms with E-state index in [1.165, 1.54) is 0 Å². The van der Waals surface area contributed by atoms with Crippen molar-refractivity contribution in [1.29, 1.82) is 0 Å². The molecular formula is C15H13O2-. The minimum atomic E-state index is -0.711. The van der Waals surface area contributed by atoms with Crippen molar-refractivity contribution in [2.75, 3.05) is 0 Å². The maximum Gasteiger partial charge on any atom is 0.303 e. The largest absolute Gasteiger partial charge is 0.481 e. The van der Waals surface area contributed by atoms with Crippen molar-refractivity contribution < 1.29 is 9.90 Å². The average Bonchev–Trinajstić information content (AvgIpc) is 2.29. The van der Waals surface area contributed by atoms with Crippen molar-refractivity contribution in [2.45, 2.75) is 26.7 Å². The number of hydrogen-bond donors (Lipinski definition) is 1. The summed E-state index contributed by atoms with van der Waals surface area (Å²) < 4.78 is 0. The lowest BCUT2D eigenvalue weighted by molar-refractivity contribution is -0.137. The van der Waals surface area contributed by atoms with Gasteiger partial charge in [0.1, 0.15) is 0 Å². The van der Waals surface area contributed by atoms with Crippen molar-refractivity contribution in [1.82, 2.24) is 0 Å². The van der Waals surface area contributed by atoms with Gasteiger partial charge in [0.25, 0.3) is 0 Å². The second-order valence-electron chi connectivity index (χ2n) is 2.45. The number of rotatable bonds is 2. The van der Waals surface area contributed by atoms with Crippen LogP contribution in [0.3, 0.4) is 0 Å². The molecule has 0 unspecified atom stereocenters. The van der Waals surface area contributed by atoms with E-state index < -0.39 is 5.97 Å². The standard InChI is InChI=1S/C11H5.C4H8O2/c1-3-5-7-9-11-10-8-6-4-2;1-2-3-4(5)6/h1H2,2H3;2-3H2,1H3,(H,5,6)/q-1;. The molecule has 0 aromatic heterocycles. The minimum absolute atomic E-state index is 0.292. The van der Waals surface area contributed by atoms with Gasteiger partial charge in [-0.15, -0.1) is 6.58 Å². The first-order valence-electron chi connectivity index (χ1n) is 4.84. The monoisotopic (exact) mass is 225 g/mol.